The summed E-state index contributed by atoms with van der Waals surface area (Å²) in [5.41, 5.74) is 4.38. The Morgan fingerprint density at radius 3 is 2.49 bits per heavy atom. The summed E-state index contributed by atoms with van der Waals surface area (Å²) >= 11 is 0. The predicted molar refractivity (Wildman–Crippen MR) is 133 cm³/mol. The SMILES string of the molecule is CC(C)c1ccc([C@@H]2C(=C(O)c3ccc4c(c3)C[C@H](C)O4)C(=O)C(=O)N2Cc2ccncc2)cc1. The first kappa shape index (κ1) is 22.8. The van der Waals surface area contributed by atoms with Crippen LogP contribution in [0.1, 0.15) is 60.5 Å². The fraction of sp³-hybridized carbons (Fsp3) is 0.276. The fourth-order valence-corrected chi connectivity index (χ4v) is 4.86. The highest BCUT2D eigenvalue weighted by molar-refractivity contribution is 6.46. The van der Waals surface area contributed by atoms with Crippen LogP contribution in [0.3, 0.4) is 0 Å². The Bertz CT molecular complexity index is 1310. The average Bonchev–Trinajstić information content (AvgIpc) is 3.35. The van der Waals surface area contributed by atoms with Crippen LogP contribution in [0.2, 0.25) is 0 Å². The average molecular weight is 469 g/mol. The second-order valence-electron chi connectivity index (χ2n) is 9.56. The summed E-state index contributed by atoms with van der Waals surface area (Å²) in [6.07, 6.45) is 4.11. The first-order chi connectivity index (χ1) is 16.8. The highest BCUT2D eigenvalue weighted by Gasteiger charge is 2.46. The Labute approximate surface area is 204 Å². The van der Waals surface area contributed by atoms with Crippen LogP contribution in [-0.2, 0) is 22.6 Å². The van der Waals surface area contributed by atoms with E-state index in [4.69, 9.17) is 4.74 Å². The lowest BCUT2D eigenvalue weighted by Gasteiger charge is -2.26. The number of rotatable bonds is 5. The number of likely N-dealkylation sites (tertiary alicyclic amines) is 1. The van der Waals surface area contributed by atoms with Crippen molar-refractivity contribution in [3.05, 3.63) is 100 Å². The Morgan fingerprint density at radius 1 is 1.09 bits per heavy atom. The van der Waals surface area contributed by atoms with Crippen molar-refractivity contribution in [2.45, 2.75) is 51.8 Å². The minimum absolute atomic E-state index is 0.0628. The minimum atomic E-state index is -0.701. The maximum atomic E-state index is 13.3. The Balaban J connectivity index is 1.62. The largest absolute Gasteiger partial charge is 0.507 e. The highest BCUT2D eigenvalue weighted by atomic mass is 16.5. The molecular weight excluding hydrogens is 440 g/mol. The van der Waals surface area contributed by atoms with Gasteiger partial charge in [-0.25, -0.2) is 0 Å². The highest BCUT2D eigenvalue weighted by Crippen LogP contribution is 2.41. The first-order valence-corrected chi connectivity index (χ1v) is 11.9. The lowest BCUT2D eigenvalue weighted by molar-refractivity contribution is -0.140. The number of fused-ring (bicyclic) bond motifs is 1. The summed E-state index contributed by atoms with van der Waals surface area (Å²) in [6.45, 7) is 6.45. The van der Waals surface area contributed by atoms with Gasteiger partial charge < -0.3 is 14.7 Å². The molecule has 2 aliphatic rings. The number of hydrogen-bond acceptors (Lipinski definition) is 5. The van der Waals surface area contributed by atoms with Crippen molar-refractivity contribution in [2.75, 3.05) is 0 Å². The van der Waals surface area contributed by atoms with Crippen LogP contribution in [0.25, 0.3) is 5.76 Å². The van der Waals surface area contributed by atoms with E-state index in [0.717, 1.165) is 34.4 Å². The lowest BCUT2D eigenvalue weighted by Crippen LogP contribution is -2.29. The number of pyridine rings is 1. The van der Waals surface area contributed by atoms with Crippen LogP contribution in [-0.4, -0.2) is 32.8 Å². The normalized spacial score (nSPS) is 20.9. The molecule has 0 saturated carbocycles. The molecule has 1 fully saturated rings. The van der Waals surface area contributed by atoms with Crippen LogP contribution in [0.5, 0.6) is 5.75 Å². The van der Waals surface area contributed by atoms with E-state index in [1.54, 1.807) is 18.5 Å². The molecule has 35 heavy (non-hydrogen) atoms. The van der Waals surface area contributed by atoms with Crippen molar-refractivity contribution < 1.29 is 19.4 Å². The van der Waals surface area contributed by atoms with E-state index in [0.29, 0.717) is 11.5 Å². The van der Waals surface area contributed by atoms with Gasteiger partial charge in [0, 0.05) is 30.9 Å². The smallest absolute Gasteiger partial charge is 0.295 e. The fourth-order valence-electron chi connectivity index (χ4n) is 4.86. The number of ketones is 1. The molecule has 0 spiro atoms. The number of hydrogen-bond donors (Lipinski definition) is 1. The molecule has 1 saturated heterocycles. The summed E-state index contributed by atoms with van der Waals surface area (Å²) in [4.78, 5) is 32.1. The third-order valence-corrected chi connectivity index (χ3v) is 6.73. The molecule has 1 amide bonds. The van der Waals surface area contributed by atoms with Gasteiger partial charge in [-0.1, -0.05) is 38.1 Å². The molecule has 1 aromatic heterocycles. The maximum Gasteiger partial charge on any atom is 0.295 e. The molecule has 0 radical (unpaired) electrons. The van der Waals surface area contributed by atoms with Crippen molar-refractivity contribution in [1.29, 1.82) is 0 Å². The number of nitrogens with zero attached hydrogens (tertiary/aromatic N) is 2. The van der Waals surface area contributed by atoms with Crippen molar-refractivity contribution in [2.24, 2.45) is 0 Å². The van der Waals surface area contributed by atoms with Gasteiger partial charge in [0.05, 0.1) is 11.6 Å². The second-order valence-corrected chi connectivity index (χ2v) is 9.56. The summed E-state index contributed by atoms with van der Waals surface area (Å²) in [5, 5.41) is 11.4. The van der Waals surface area contributed by atoms with Crippen LogP contribution in [0.4, 0.5) is 0 Å². The Kier molecular flexibility index (Phi) is 5.89. The van der Waals surface area contributed by atoms with Crippen LogP contribution in [0.15, 0.2) is 72.6 Å². The first-order valence-electron chi connectivity index (χ1n) is 11.9. The molecular formula is C29H28N2O4. The summed E-state index contributed by atoms with van der Waals surface area (Å²) < 4.78 is 5.78. The zero-order valence-corrected chi connectivity index (χ0v) is 20.1. The molecule has 2 aromatic carbocycles. The van der Waals surface area contributed by atoms with Gasteiger partial charge in [0.15, 0.2) is 0 Å². The van der Waals surface area contributed by atoms with E-state index in [9.17, 15) is 14.7 Å². The number of amides is 1. The molecule has 0 unspecified atom stereocenters. The molecule has 0 aliphatic carbocycles. The summed E-state index contributed by atoms with van der Waals surface area (Å²) in [5.74, 6) is -0.337. The topological polar surface area (TPSA) is 79.7 Å². The van der Waals surface area contributed by atoms with Crippen LogP contribution >= 0.6 is 0 Å². The molecule has 5 rings (SSSR count). The van der Waals surface area contributed by atoms with Gasteiger partial charge in [-0.2, -0.15) is 0 Å². The number of carbonyl (C=O) groups excluding carboxylic acids is 2. The van der Waals surface area contributed by atoms with E-state index < -0.39 is 17.7 Å². The van der Waals surface area contributed by atoms with Crippen LogP contribution in [0, 0.1) is 0 Å². The van der Waals surface area contributed by atoms with E-state index in [1.807, 2.05) is 55.5 Å². The van der Waals surface area contributed by atoms with E-state index in [2.05, 4.69) is 18.8 Å². The van der Waals surface area contributed by atoms with Crippen molar-refractivity contribution in [3.8, 4) is 5.75 Å². The Hall–Kier alpha value is -3.93. The van der Waals surface area contributed by atoms with Crippen molar-refractivity contribution >= 4 is 17.4 Å². The lowest BCUT2D eigenvalue weighted by atomic mass is 9.92. The molecule has 2 aliphatic heterocycles. The molecule has 6 heteroatoms. The second kappa shape index (κ2) is 9.02. The third-order valence-electron chi connectivity index (χ3n) is 6.73. The molecule has 3 aromatic rings. The number of carbonyl (C=O) groups is 2. The van der Waals surface area contributed by atoms with Gasteiger partial charge in [-0.3, -0.25) is 14.6 Å². The zero-order chi connectivity index (χ0) is 24.7. The molecule has 2 atom stereocenters. The number of ether oxygens (including phenoxy) is 1. The van der Waals surface area contributed by atoms with Gasteiger partial charge in [0.2, 0.25) is 0 Å². The molecule has 178 valence electrons. The maximum absolute atomic E-state index is 13.3. The van der Waals surface area contributed by atoms with Crippen LogP contribution < -0.4 is 4.74 Å². The number of aliphatic hydroxyl groups is 1. The van der Waals surface area contributed by atoms with Crippen molar-refractivity contribution in [3.63, 3.8) is 0 Å². The Morgan fingerprint density at radius 2 is 1.80 bits per heavy atom. The molecule has 0 bridgehead atoms. The van der Waals surface area contributed by atoms with Gasteiger partial charge in [0.25, 0.3) is 11.7 Å². The number of benzene rings is 2. The van der Waals surface area contributed by atoms with Gasteiger partial charge >= 0.3 is 0 Å². The summed E-state index contributed by atoms with van der Waals surface area (Å²) in [7, 11) is 0. The molecule has 3 heterocycles. The van der Waals surface area contributed by atoms with E-state index in [-0.39, 0.29) is 24.0 Å². The van der Waals surface area contributed by atoms with Gasteiger partial charge in [0.1, 0.15) is 17.6 Å². The van der Waals surface area contributed by atoms with Crippen molar-refractivity contribution in [1.82, 2.24) is 9.88 Å². The number of aromatic nitrogens is 1. The quantitative estimate of drug-likeness (QED) is 0.318. The molecule has 1 N–H and O–H groups in total. The minimum Gasteiger partial charge on any atom is -0.507 e. The standard InChI is InChI=1S/C29H28N2O4/c1-17(2)20-4-6-21(7-5-20)26-25(27(32)22-8-9-24-23(15-22)14-18(3)35-24)28(33)29(34)31(26)16-19-10-12-30-13-11-19/h4-13,15,17-18,26,32H,14,16H2,1-3H3/t18-,26+/m0/s1. The monoisotopic (exact) mass is 468 g/mol. The molecule has 6 nitrogen and oxygen atoms in total. The number of aliphatic hydroxyl groups excluding tert-OH is 1. The predicted octanol–water partition coefficient (Wildman–Crippen LogP) is 5.15. The third kappa shape index (κ3) is 4.20. The van der Waals surface area contributed by atoms with E-state index >= 15 is 0 Å². The number of Topliss-reactive ketones (excluding diaryl/α,β-unsaturated/α-hetero) is 1. The van der Waals surface area contributed by atoms with Gasteiger partial charge in [-0.15, -0.1) is 0 Å². The van der Waals surface area contributed by atoms with Gasteiger partial charge in [-0.05, 0) is 65.4 Å². The summed E-state index contributed by atoms with van der Waals surface area (Å²) in [6, 6.07) is 16.3. The zero-order valence-electron chi connectivity index (χ0n) is 20.1. The van der Waals surface area contributed by atoms with E-state index in [1.165, 1.54) is 4.90 Å².